The molecule has 0 bridgehead atoms. The van der Waals surface area contributed by atoms with E-state index in [-0.39, 0.29) is 17.9 Å². The van der Waals surface area contributed by atoms with E-state index in [2.05, 4.69) is 5.32 Å². The summed E-state index contributed by atoms with van der Waals surface area (Å²) in [5, 5.41) is 12.9. The lowest BCUT2D eigenvalue weighted by Gasteiger charge is -2.16. The molecule has 0 aliphatic carbocycles. The topological polar surface area (TPSA) is 116 Å². The van der Waals surface area contributed by atoms with Gasteiger partial charge in [0.25, 0.3) is 5.69 Å². The van der Waals surface area contributed by atoms with Gasteiger partial charge in [-0.15, -0.1) is 0 Å². The molecule has 0 saturated carbocycles. The van der Waals surface area contributed by atoms with Gasteiger partial charge >= 0.3 is 5.97 Å². The van der Waals surface area contributed by atoms with Gasteiger partial charge in [0, 0.05) is 31.5 Å². The summed E-state index contributed by atoms with van der Waals surface area (Å²) in [6.07, 6.45) is 0. The van der Waals surface area contributed by atoms with Crippen LogP contribution in [0.15, 0.2) is 24.3 Å². The number of ketones is 1. The summed E-state index contributed by atoms with van der Waals surface area (Å²) in [5.74, 6) is -1.54. The number of nitro benzene ring substituents is 1. The van der Waals surface area contributed by atoms with Crippen molar-refractivity contribution in [2.75, 3.05) is 6.61 Å². The van der Waals surface area contributed by atoms with E-state index < -0.39 is 28.6 Å². The Morgan fingerprint density at radius 2 is 1.81 bits per heavy atom. The molecule has 8 heteroatoms. The molecular formula is C13H14N2O6. The van der Waals surface area contributed by atoms with Gasteiger partial charge in [0.2, 0.25) is 5.91 Å². The average Bonchev–Trinajstić information content (AvgIpc) is 2.42. The van der Waals surface area contributed by atoms with Crippen LogP contribution in [-0.4, -0.2) is 35.2 Å². The molecule has 8 nitrogen and oxygen atoms in total. The van der Waals surface area contributed by atoms with Crippen molar-refractivity contribution < 1.29 is 24.0 Å². The third kappa shape index (κ3) is 5.01. The minimum atomic E-state index is -1.03. The number of ether oxygens (including phenoxy) is 1. The highest BCUT2D eigenvalue weighted by Gasteiger charge is 2.22. The van der Waals surface area contributed by atoms with E-state index in [1.165, 1.54) is 38.1 Å². The van der Waals surface area contributed by atoms with E-state index in [0.717, 1.165) is 0 Å². The van der Waals surface area contributed by atoms with Crippen molar-refractivity contribution >= 4 is 23.3 Å². The zero-order valence-electron chi connectivity index (χ0n) is 11.5. The Balaban J connectivity index is 2.89. The fourth-order valence-electron chi connectivity index (χ4n) is 1.58. The van der Waals surface area contributed by atoms with E-state index in [9.17, 15) is 24.5 Å². The lowest BCUT2D eigenvalue weighted by atomic mass is 10.0. The van der Waals surface area contributed by atoms with Gasteiger partial charge in [0.15, 0.2) is 5.78 Å². The van der Waals surface area contributed by atoms with Crippen molar-refractivity contribution in [1.29, 1.82) is 0 Å². The molecule has 0 spiro atoms. The predicted octanol–water partition coefficient (Wildman–Crippen LogP) is 0.845. The van der Waals surface area contributed by atoms with Crippen LogP contribution in [-0.2, 0) is 14.3 Å². The van der Waals surface area contributed by atoms with Gasteiger partial charge in [-0.1, -0.05) is 0 Å². The fourth-order valence-corrected chi connectivity index (χ4v) is 1.58. The SMILES string of the molecule is CC(=O)N[C@@H](COC(C)=O)C(=O)c1ccc([N+](=O)[O-])cc1. The second-order valence-corrected chi connectivity index (χ2v) is 4.22. The molecule has 0 aliphatic rings. The van der Waals surface area contributed by atoms with Crippen LogP contribution in [0.2, 0.25) is 0 Å². The molecule has 1 aromatic rings. The minimum absolute atomic E-state index is 0.150. The van der Waals surface area contributed by atoms with Crippen molar-refractivity contribution in [3.8, 4) is 0 Å². The van der Waals surface area contributed by atoms with Crippen LogP contribution in [0.3, 0.4) is 0 Å². The third-order valence-corrected chi connectivity index (χ3v) is 2.51. The van der Waals surface area contributed by atoms with Crippen LogP contribution in [0.1, 0.15) is 24.2 Å². The highest BCUT2D eigenvalue weighted by Crippen LogP contribution is 2.13. The Morgan fingerprint density at radius 3 is 2.24 bits per heavy atom. The highest BCUT2D eigenvalue weighted by atomic mass is 16.6. The van der Waals surface area contributed by atoms with E-state index in [1.54, 1.807) is 0 Å². The van der Waals surface area contributed by atoms with Gasteiger partial charge in [0.05, 0.1) is 4.92 Å². The number of nitrogens with one attached hydrogen (secondary N) is 1. The maximum Gasteiger partial charge on any atom is 0.302 e. The molecule has 1 amide bonds. The molecule has 1 atom stereocenters. The standard InChI is InChI=1S/C13H14N2O6/c1-8(16)14-12(7-21-9(2)17)13(18)10-3-5-11(6-4-10)15(19)20/h3-6,12H,7H2,1-2H3,(H,14,16)/t12-/m0/s1. The van der Waals surface area contributed by atoms with Crippen LogP contribution in [0, 0.1) is 10.1 Å². The Morgan fingerprint density at radius 1 is 1.24 bits per heavy atom. The molecular weight excluding hydrogens is 280 g/mol. The Labute approximate surface area is 120 Å². The Bertz CT molecular complexity index is 567. The number of hydrogen-bond donors (Lipinski definition) is 1. The smallest absolute Gasteiger partial charge is 0.302 e. The van der Waals surface area contributed by atoms with Crippen molar-refractivity contribution in [3.05, 3.63) is 39.9 Å². The first-order chi connectivity index (χ1) is 9.81. The molecule has 0 radical (unpaired) electrons. The summed E-state index contributed by atoms with van der Waals surface area (Å²) in [5.41, 5.74) is 0.0223. The molecule has 21 heavy (non-hydrogen) atoms. The number of Topliss-reactive ketones (excluding diaryl/α,β-unsaturated/α-hetero) is 1. The summed E-state index contributed by atoms with van der Waals surface area (Å²) in [6.45, 7) is 2.11. The first kappa shape index (κ1) is 16.3. The second kappa shape index (κ2) is 7.13. The molecule has 0 heterocycles. The van der Waals surface area contributed by atoms with E-state index >= 15 is 0 Å². The number of non-ortho nitro benzene ring substituents is 1. The number of carbonyl (C=O) groups excluding carboxylic acids is 3. The van der Waals surface area contributed by atoms with Crippen LogP contribution in [0.4, 0.5) is 5.69 Å². The molecule has 112 valence electrons. The van der Waals surface area contributed by atoms with E-state index in [0.29, 0.717) is 0 Å². The molecule has 1 rings (SSSR count). The predicted molar refractivity (Wildman–Crippen MR) is 71.7 cm³/mol. The van der Waals surface area contributed by atoms with E-state index in [4.69, 9.17) is 4.74 Å². The van der Waals surface area contributed by atoms with Crippen molar-refractivity contribution in [1.82, 2.24) is 5.32 Å². The Hall–Kier alpha value is -2.77. The maximum atomic E-state index is 12.2. The lowest BCUT2D eigenvalue weighted by molar-refractivity contribution is -0.384. The third-order valence-electron chi connectivity index (χ3n) is 2.51. The number of nitrogens with zero attached hydrogens (tertiary/aromatic N) is 1. The van der Waals surface area contributed by atoms with E-state index in [1.807, 2.05) is 0 Å². The first-order valence-corrected chi connectivity index (χ1v) is 6.00. The molecule has 1 N–H and O–H groups in total. The number of hydrogen-bond acceptors (Lipinski definition) is 6. The summed E-state index contributed by atoms with van der Waals surface area (Å²) in [6, 6.07) is 3.90. The normalized spacial score (nSPS) is 11.3. The molecule has 0 saturated heterocycles. The minimum Gasteiger partial charge on any atom is -0.463 e. The quantitative estimate of drug-likeness (QED) is 0.360. The number of rotatable bonds is 6. The van der Waals surface area contributed by atoms with Crippen molar-refractivity contribution in [2.45, 2.75) is 19.9 Å². The van der Waals surface area contributed by atoms with Crippen LogP contribution in [0.5, 0.6) is 0 Å². The molecule has 0 fully saturated rings. The summed E-state index contributed by atoms with van der Waals surface area (Å²) in [7, 11) is 0. The van der Waals surface area contributed by atoms with Gasteiger partial charge in [-0.2, -0.15) is 0 Å². The van der Waals surface area contributed by atoms with Crippen LogP contribution in [0.25, 0.3) is 0 Å². The lowest BCUT2D eigenvalue weighted by Crippen LogP contribution is -2.43. The van der Waals surface area contributed by atoms with Crippen molar-refractivity contribution in [2.24, 2.45) is 0 Å². The van der Waals surface area contributed by atoms with Gasteiger partial charge in [0.1, 0.15) is 12.6 Å². The molecule has 0 aromatic heterocycles. The van der Waals surface area contributed by atoms with Gasteiger partial charge in [-0.25, -0.2) is 0 Å². The number of nitro groups is 1. The molecule has 1 aromatic carbocycles. The highest BCUT2D eigenvalue weighted by molar-refractivity contribution is 6.02. The summed E-state index contributed by atoms with van der Waals surface area (Å²) < 4.78 is 4.73. The number of amides is 1. The van der Waals surface area contributed by atoms with Crippen LogP contribution >= 0.6 is 0 Å². The first-order valence-electron chi connectivity index (χ1n) is 6.00. The van der Waals surface area contributed by atoms with Crippen molar-refractivity contribution in [3.63, 3.8) is 0 Å². The summed E-state index contributed by atoms with van der Waals surface area (Å²) >= 11 is 0. The average molecular weight is 294 g/mol. The Kier molecular flexibility index (Phi) is 5.53. The zero-order chi connectivity index (χ0) is 16.0. The maximum absolute atomic E-state index is 12.2. The number of esters is 1. The van der Waals surface area contributed by atoms with Crippen LogP contribution < -0.4 is 5.32 Å². The largest absolute Gasteiger partial charge is 0.463 e. The second-order valence-electron chi connectivity index (χ2n) is 4.22. The monoisotopic (exact) mass is 294 g/mol. The zero-order valence-corrected chi connectivity index (χ0v) is 11.5. The summed E-state index contributed by atoms with van der Waals surface area (Å²) in [4.78, 5) is 44.0. The van der Waals surface area contributed by atoms with Gasteiger partial charge in [-0.3, -0.25) is 24.5 Å². The fraction of sp³-hybridized carbons (Fsp3) is 0.308. The number of carbonyl (C=O) groups is 3. The molecule has 0 aliphatic heterocycles. The molecule has 0 unspecified atom stereocenters. The van der Waals surface area contributed by atoms with Gasteiger partial charge < -0.3 is 10.1 Å². The number of benzene rings is 1. The van der Waals surface area contributed by atoms with Gasteiger partial charge in [-0.05, 0) is 12.1 Å².